The number of hydrogen-bond donors (Lipinski definition) is 0. The predicted molar refractivity (Wildman–Crippen MR) is 122 cm³/mol. The molecule has 0 N–H and O–H groups in total. The van der Waals surface area contributed by atoms with Crippen LogP contribution in [-0.4, -0.2) is 21.7 Å². The number of esters is 1. The minimum absolute atomic E-state index is 0.0513. The second kappa shape index (κ2) is 8.94. The molecule has 6 heteroatoms. The maximum Gasteiger partial charge on any atom is 0.329 e. The first-order chi connectivity index (χ1) is 15.6. The molecule has 0 aliphatic heterocycles. The molecule has 0 spiro atoms. The van der Waals surface area contributed by atoms with Gasteiger partial charge in [-0.25, -0.2) is 4.79 Å². The number of aryl methyl sites for hydroxylation is 1. The van der Waals surface area contributed by atoms with Crippen LogP contribution in [0.5, 0.6) is 0 Å². The molecule has 6 nitrogen and oxygen atoms in total. The molecule has 160 valence electrons. The number of ether oxygens (including phenoxy) is 1. The summed E-state index contributed by atoms with van der Waals surface area (Å²) in [6, 6.07) is 28.8. The summed E-state index contributed by atoms with van der Waals surface area (Å²) in [5.74, 6) is -0.517. The van der Waals surface area contributed by atoms with Gasteiger partial charge in [0.15, 0.2) is 0 Å². The van der Waals surface area contributed by atoms with Crippen LogP contribution in [0.15, 0.2) is 89.7 Å². The van der Waals surface area contributed by atoms with Crippen molar-refractivity contribution in [3.8, 4) is 6.07 Å². The summed E-state index contributed by atoms with van der Waals surface area (Å²) in [7, 11) is 1.67. The van der Waals surface area contributed by atoms with Crippen molar-refractivity contribution in [3.63, 3.8) is 0 Å². The normalized spacial score (nSPS) is 11.2. The molecule has 0 radical (unpaired) electrons. The van der Waals surface area contributed by atoms with E-state index in [2.05, 4.69) is 6.07 Å². The van der Waals surface area contributed by atoms with Gasteiger partial charge in [0.25, 0.3) is 0 Å². The number of fused-ring (bicyclic) bond motifs is 1. The van der Waals surface area contributed by atoms with Gasteiger partial charge in [0.05, 0.1) is 23.7 Å². The molecule has 4 aromatic rings. The third-order valence-electron chi connectivity index (χ3n) is 5.80. The van der Waals surface area contributed by atoms with Crippen LogP contribution in [-0.2, 0) is 28.5 Å². The smallest absolute Gasteiger partial charge is 0.329 e. The second-order valence-electron chi connectivity index (χ2n) is 7.64. The largest absolute Gasteiger partial charge is 0.464 e. The van der Waals surface area contributed by atoms with Crippen LogP contribution >= 0.6 is 0 Å². The fraction of sp³-hybridized carbons (Fsp3) is 0.192. The number of nitriles is 1. The maximum atomic E-state index is 12.6. The number of rotatable bonds is 7. The van der Waals surface area contributed by atoms with E-state index in [1.165, 1.54) is 9.13 Å². The summed E-state index contributed by atoms with van der Waals surface area (Å²) in [4.78, 5) is 25.1. The van der Waals surface area contributed by atoms with E-state index in [1.54, 1.807) is 13.1 Å². The Labute approximate surface area is 185 Å². The van der Waals surface area contributed by atoms with Gasteiger partial charge in [-0.15, -0.1) is 0 Å². The molecule has 1 aromatic heterocycles. The highest BCUT2D eigenvalue weighted by Crippen LogP contribution is 2.35. The lowest BCUT2D eigenvalue weighted by atomic mass is 9.73. The number of imidazole rings is 1. The lowest BCUT2D eigenvalue weighted by molar-refractivity contribution is -0.144. The molecule has 1 heterocycles. The number of para-hydroxylation sites is 2. The number of nitrogens with zero attached hydrogens (tertiary/aromatic N) is 3. The number of carbonyl (C=O) groups excluding carboxylic acids is 1. The van der Waals surface area contributed by atoms with E-state index in [0.29, 0.717) is 11.9 Å². The Morgan fingerprint density at radius 3 is 2.00 bits per heavy atom. The summed E-state index contributed by atoms with van der Waals surface area (Å²) >= 11 is 0. The minimum Gasteiger partial charge on any atom is -0.464 e. The Kier molecular flexibility index (Phi) is 5.91. The quantitative estimate of drug-likeness (QED) is 0.422. The third-order valence-corrected chi connectivity index (χ3v) is 5.80. The van der Waals surface area contributed by atoms with Crippen molar-refractivity contribution in [1.29, 1.82) is 5.26 Å². The van der Waals surface area contributed by atoms with E-state index in [-0.39, 0.29) is 18.8 Å². The predicted octanol–water partition coefficient (Wildman–Crippen LogP) is 3.78. The third kappa shape index (κ3) is 3.81. The highest BCUT2D eigenvalue weighted by Gasteiger charge is 2.34. The monoisotopic (exact) mass is 425 g/mol. The van der Waals surface area contributed by atoms with Gasteiger partial charge in [0.1, 0.15) is 12.0 Å². The summed E-state index contributed by atoms with van der Waals surface area (Å²) in [6.07, 6.45) is 0.299. The van der Waals surface area contributed by atoms with Crippen LogP contribution in [0.1, 0.15) is 17.5 Å². The molecule has 0 atom stereocenters. The summed E-state index contributed by atoms with van der Waals surface area (Å²) in [5, 5.41) is 10.2. The van der Waals surface area contributed by atoms with Gasteiger partial charge in [-0.3, -0.25) is 13.9 Å². The highest BCUT2D eigenvalue weighted by atomic mass is 16.5. The van der Waals surface area contributed by atoms with Crippen molar-refractivity contribution >= 4 is 17.0 Å². The van der Waals surface area contributed by atoms with Crippen molar-refractivity contribution in [3.05, 3.63) is 107 Å². The Morgan fingerprint density at radius 1 is 0.906 bits per heavy atom. The van der Waals surface area contributed by atoms with Crippen LogP contribution in [0.3, 0.4) is 0 Å². The zero-order valence-electron chi connectivity index (χ0n) is 17.8. The number of aromatic nitrogens is 2. The fourth-order valence-corrected chi connectivity index (χ4v) is 4.09. The number of carbonyl (C=O) groups is 1. The summed E-state index contributed by atoms with van der Waals surface area (Å²) in [5.41, 5.74) is 1.89. The Bertz CT molecular complexity index is 1290. The molecule has 0 saturated heterocycles. The van der Waals surface area contributed by atoms with Crippen LogP contribution in [0.4, 0.5) is 0 Å². The molecule has 0 saturated carbocycles. The topological polar surface area (TPSA) is 77.0 Å². The Hall–Kier alpha value is -4.11. The fourth-order valence-electron chi connectivity index (χ4n) is 4.09. The van der Waals surface area contributed by atoms with Crippen molar-refractivity contribution in [2.24, 2.45) is 7.05 Å². The number of hydrogen-bond acceptors (Lipinski definition) is 4. The molecule has 0 bridgehead atoms. The van der Waals surface area contributed by atoms with Crippen LogP contribution in [0.25, 0.3) is 11.0 Å². The molecule has 32 heavy (non-hydrogen) atoms. The van der Waals surface area contributed by atoms with Gasteiger partial charge in [0.2, 0.25) is 0 Å². The molecule has 0 aliphatic carbocycles. The molecular weight excluding hydrogens is 402 g/mol. The first-order valence-electron chi connectivity index (χ1n) is 10.4. The zero-order chi connectivity index (χ0) is 22.6. The zero-order valence-corrected chi connectivity index (χ0v) is 17.8. The van der Waals surface area contributed by atoms with Crippen LogP contribution < -0.4 is 5.69 Å². The number of benzene rings is 3. The molecule has 0 unspecified atom stereocenters. The molecule has 4 rings (SSSR count). The standard InChI is InChI=1S/C26H23N3O3/c1-28-22-14-8-9-15-23(22)29(25(28)31)18-24(30)32-17-16-26(19-27,20-10-4-2-5-11-20)21-12-6-3-7-13-21/h2-15H,16-18H2,1H3. The molecule has 3 aromatic carbocycles. The first-order valence-corrected chi connectivity index (χ1v) is 10.4. The van der Waals surface area contributed by atoms with Gasteiger partial charge in [0, 0.05) is 13.5 Å². The van der Waals surface area contributed by atoms with E-state index in [0.717, 1.165) is 16.6 Å². The summed E-state index contributed by atoms with van der Waals surface area (Å²) in [6.45, 7) is -0.133. The van der Waals surface area contributed by atoms with E-state index >= 15 is 0 Å². The average Bonchev–Trinajstić information content (AvgIpc) is 3.08. The van der Waals surface area contributed by atoms with E-state index in [4.69, 9.17) is 4.74 Å². The maximum absolute atomic E-state index is 12.6. The van der Waals surface area contributed by atoms with E-state index in [9.17, 15) is 14.9 Å². The minimum atomic E-state index is -0.945. The van der Waals surface area contributed by atoms with Crippen molar-refractivity contribution in [2.75, 3.05) is 6.61 Å². The lowest BCUT2D eigenvalue weighted by Crippen LogP contribution is -2.30. The SMILES string of the molecule is Cn1c(=O)n(CC(=O)OCCC(C#N)(c2ccccc2)c2ccccc2)c2ccccc21. The van der Waals surface area contributed by atoms with Crippen LogP contribution in [0.2, 0.25) is 0 Å². The molecule has 0 amide bonds. The lowest BCUT2D eigenvalue weighted by Gasteiger charge is -2.27. The second-order valence-corrected chi connectivity index (χ2v) is 7.64. The van der Waals surface area contributed by atoms with E-state index in [1.807, 2.05) is 78.9 Å². The molecular formula is C26H23N3O3. The van der Waals surface area contributed by atoms with Gasteiger partial charge in [-0.2, -0.15) is 5.26 Å². The van der Waals surface area contributed by atoms with Crippen LogP contribution in [0, 0.1) is 11.3 Å². The van der Waals surface area contributed by atoms with Crippen molar-refractivity contribution in [1.82, 2.24) is 9.13 Å². The van der Waals surface area contributed by atoms with Gasteiger partial charge < -0.3 is 4.74 Å². The van der Waals surface area contributed by atoms with Crippen molar-refractivity contribution < 1.29 is 9.53 Å². The summed E-state index contributed by atoms with van der Waals surface area (Å²) < 4.78 is 8.41. The van der Waals surface area contributed by atoms with E-state index < -0.39 is 11.4 Å². The van der Waals surface area contributed by atoms with Crippen molar-refractivity contribution in [2.45, 2.75) is 18.4 Å². The first kappa shape index (κ1) is 21.1. The molecule has 0 aliphatic rings. The Morgan fingerprint density at radius 2 is 1.44 bits per heavy atom. The van der Waals surface area contributed by atoms with Gasteiger partial charge >= 0.3 is 11.7 Å². The van der Waals surface area contributed by atoms with Gasteiger partial charge in [-0.05, 0) is 23.3 Å². The highest BCUT2D eigenvalue weighted by molar-refractivity contribution is 5.78. The average molecular weight is 425 g/mol. The molecule has 0 fully saturated rings. The Balaban J connectivity index is 1.53. The van der Waals surface area contributed by atoms with Gasteiger partial charge in [-0.1, -0.05) is 72.8 Å².